The number of aromatic amines is 1. The Kier molecular flexibility index (Phi) is 3.80. The van der Waals surface area contributed by atoms with Crippen molar-refractivity contribution in [1.29, 1.82) is 0 Å². The number of hydrogen-bond acceptors (Lipinski definition) is 3. The van der Waals surface area contributed by atoms with E-state index in [1.54, 1.807) is 12.3 Å². The molecule has 1 aromatic heterocycles. The molecule has 6 nitrogen and oxygen atoms in total. The highest BCUT2D eigenvalue weighted by Gasteiger charge is 2.49. The van der Waals surface area contributed by atoms with Gasteiger partial charge in [-0.3, -0.25) is 14.5 Å². The second-order valence-corrected chi connectivity index (χ2v) is 6.62. The third kappa shape index (κ3) is 2.68. The summed E-state index contributed by atoms with van der Waals surface area (Å²) in [5, 5.41) is 3.34. The molecule has 0 bridgehead atoms. The van der Waals surface area contributed by atoms with E-state index in [9.17, 15) is 18.8 Å². The SMILES string of the molecule is CC1(c2ccc(F)cc2)NC(=O)N(CC(=O)c2c[nH]c3ccccc23)C1=O. The number of Topliss-reactive ketones (excluding diaryl/α,β-unsaturated/α-hetero) is 1. The first-order valence-corrected chi connectivity index (χ1v) is 8.39. The van der Waals surface area contributed by atoms with Crippen LogP contribution in [-0.2, 0) is 10.3 Å². The number of hydrogen-bond donors (Lipinski definition) is 2. The molecular weight excluding hydrogens is 349 g/mol. The minimum Gasteiger partial charge on any atom is -0.360 e. The van der Waals surface area contributed by atoms with Crippen LogP contribution < -0.4 is 5.32 Å². The number of aromatic nitrogens is 1. The molecule has 1 atom stereocenters. The number of ketones is 1. The largest absolute Gasteiger partial charge is 0.360 e. The number of carbonyl (C=O) groups is 3. The summed E-state index contributed by atoms with van der Waals surface area (Å²) in [6, 6.07) is 12.0. The van der Waals surface area contributed by atoms with Gasteiger partial charge < -0.3 is 10.3 Å². The lowest BCUT2D eigenvalue weighted by Crippen LogP contribution is -2.41. The van der Waals surface area contributed by atoms with E-state index in [4.69, 9.17) is 0 Å². The van der Waals surface area contributed by atoms with Crippen LogP contribution in [0.1, 0.15) is 22.8 Å². The van der Waals surface area contributed by atoms with Gasteiger partial charge in [-0.2, -0.15) is 0 Å². The first-order valence-electron chi connectivity index (χ1n) is 8.39. The first kappa shape index (κ1) is 17.0. The molecule has 3 amide bonds. The Morgan fingerprint density at radius 1 is 1.11 bits per heavy atom. The molecule has 0 saturated carbocycles. The van der Waals surface area contributed by atoms with Gasteiger partial charge in [-0.25, -0.2) is 9.18 Å². The molecule has 2 heterocycles. The number of nitrogens with one attached hydrogen (secondary N) is 2. The van der Waals surface area contributed by atoms with Crippen LogP contribution in [0.4, 0.5) is 9.18 Å². The Morgan fingerprint density at radius 3 is 2.56 bits per heavy atom. The minimum atomic E-state index is -1.34. The van der Waals surface area contributed by atoms with Crippen LogP contribution in [0.25, 0.3) is 10.9 Å². The lowest BCUT2D eigenvalue weighted by atomic mass is 9.92. The fraction of sp³-hybridized carbons (Fsp3) is 0.150. The van der Waals surface area contributed by atoms with Crippen molar-refractivity contribution < 1.29 is 18.8 Å². The van der Waals surface area contributed by atoms with E-state index in [0.717, 1.165) is 15.8 Å². The van der Waals surface area contributed by atoms with Crippen LogP contribution in [0.15, 0.2) is 54.7 Å². The number of benzene rings is 2. The van der Waals surface area contributed by atoms with Crippen molar-refractivity contribution in [1.82, 2.24) is 15.2 Å². The number of urea groups is 1. The van der Waals surface area contributed by atoms with Gasteiger partial charge in [-0.1, -0.05) is 30.3 Å². The van der Waals surface area contributed by atoms with Crippen LogP contribution in [0.3, 0.4) is 0 Å². The second kappa shape index (κ2) is 6.05. The summed E-state index contributed by atoms with van der Waals surface area (Å²) < 4.78 is 13.2. The number of rotatable bonds is 4. The molecule has 1 saturated heterocycles. The van der Waals surface area contributed by atoms with Gasteiger partial charge in [-0.15, -0.1) is 0 Å². The van der Waals surface area contributed by atoms with E-state index < -0.39 is 23.3 Å². The minimum absolute atomic E-state index is 0.348. The van der Waals surface area contributed by atoms with Gasteiger partial charge in [-0.05, 0) is 30.7 Å². The number of amides is 3. The Hall–Kier alpha value is -3.48. The number of carbonyl (C=O) groups excluding carboxylic acids is 3. The smallest absolute Gasteiger partial charge is 0.325 e. The summed E-state index contributed by atoms with van der Waals surface area (Å²) in [7, 11) is 0. The predicted molar refractivity (Wildman–Crippen MR) is 96.6 cm³/mol. The fourth-order valence-electron chi connectivity index (χ4n) is 3.35. The van der Waals surface area contributed by atoms with Crippen molar-refractivity contribution in [2.45, 2.75) is 12.5 Å². The zero-order valence-corrected chi connectivity index (χ0v) is 14.5. The highest BCUT2D eigenvalue weighted by molar-refractivity contribution is 6.14. The van der Waals surface area contributed by atoms with E-state index in [1.807, 2.05) is 18.2 Å². The highest BCUT2D eigenvalue weighted by Crippen LogP contribution is 2.29. The van der Waals surface area contributed by atoms with Crippen molar-refractivity contribution in [2.24, 2.45) is 0 Å². The van der Waals surface area contributed by atoms with Gasteiger partial charge in [0.25, 0.3) is 5.91 Å². The lowest BCUT2D eigenvalue weighted by molar-refractivity contribution is -0.130. The summed E-state index contributed by atoms with van der Waals surface area (Å²) in [5.41, 5.74) is 0.325. The molecule has 4 rings (SSSR count). The van der Waals surface area contributed by atoms with Gasteiger partial charge in [0.05, 0.1) is 6.54 Å². The van der Waals surface area contributed by atoms with E-state index >= 15 is 0 Å². The molecule has 2 aromatic carbocycles. The summed E-state index contributed by atoms with van der Waals surface area (Å²) in [6.07, 6.45) is 1.57. The summed E-state index contributed by atoms with van der Waals surface area (Å²) in [4.78, 5) is 41.9. The topological polar surface area (TPSA) is 82.3 Å². The predicted octanol–water partition coefficient (Wildman–Crippen LogP) is 2.96. The fourth-order valence-corrected chi connectivity index (χ4v) is 3.35. The van der Waals surface area contributed by atoms with Gasteiger partial charge in [0.2, 0.25) is 0 Å². The third-order valence-corrected chi connectivity index (χ3v) is 4.89. The monoisotopic (exact) mass is 365 g/mol. The Balaban J connectivity index is 1.61. The number of para-hydroxylation sites is 1. The molecule has 27 heavy (non-hydrogen) atoms. The van der Waals surface area contributed by atoms with E-state index in [-0.39, 0.29) is 12.3 Å². The molecule has 1 aliphatic heterocycles. The normalized spacial score (nSPS) is 19.6. The van der Waals surface area contributed by atoms with Gasteiger partial charge in [0.1, 0.15) is 11.4 Å². The molecule has 0 aliphatic carbocycles. The molecule has 0 spiro atoms. The van der Waals surface area contributed by atoms with Crippen molar-refractivity contribution in [3.8, 4) is 0 Å². The average molecular weight is 365 g/mol. The maximum absolute atomic E-state index is 13.2. The number of halogens is 1. The van der Waals surface area contributed by atoms with Crippen LogP contribution in [0.2, 0.25) is 0 Å². The highest BCUT2D eigenvalue weighted by atomic mass is 19.1. The van der Waals surface area contributed by atoms with Crippen molar-refractivity contribution in [3.63, 3.8) is 0 Å². The standard InChI is InChI=1S/C20H16FN3O3/c1-20(12-6-8-13(21)9-7-12)18(26)24(19(27)23-20)11-17(25)15-10-22-16-5-3-2-4-14(15)16/h2-10,22H,11H2,1H3,(H,23,27). The van der Waals surface area contributed by atoms with Crippen LogP contribution >= 0.6 is 0 Å². The molecule has 2 N–H and O–H groups in total. The lowest BCUT2D eigenvalue weighted by Gasteiger charge is -2.22. The molecule has 7 heteroatoms. The van der Waals surface area contributed by atoms with Crippen LogP contribution in [0, 0.1) is 5.82 Å². The Morgan fingerprint density at radius 2 is 1.81 bits per heavy atom. The average Bonchev–Trinajstić information content (AvgIpc) is 3.18. The van der Waals surface area contributed by atoms with Crippen molar-refractivity contribution in [2.75, 3.05) is 6.54 Å². The quantitative estimate of drug-likeness (QED) is 0.551. The number of nitrogens with zero attached hydrogens (tertiary/aromatic N) is 1. The Bertz CT molecular complexity index is 1070. The van der Waals surface area contributed by atoms with Crippen molar-refractivity contribution in [3.05, 3.63) is 71.7 Å². The zero-order chi connectivity index (χ0) is 19.2. The molecule has 136 valence electrons. The zero-order valence-electron chi connectivity index (χ0n) is 14.5. The van der Waals surface area contributed by atoms with Crippen LogP contribution in [-0.4, -0.2) is 34.2 Å². The number of fused-ring (bicyclic) bond motifs is 1. The summed E-state index contributed by atoms with van der Waals surface area (Å²) >= 11 is 0. The molecule has 1 unspecified atom stereocenters. The van der Waals surface area contributed by atoms with E-state index in [1.165, 1.54) is 31.2 Å². The molecular formula is C20H16FN3O3. The summed E-state index contributed by atoms with van der Waals surface area (Å²) in [6.45, 7) is 1.17. The van der Waals surface area contributed by atoms with E-state index in [2.05, 4.69) is 10.3 Å². The third-order valence-electron chi connectivity index (χ3n) is 4.89. The summed E-state index contributed by atoms with van der Waals surface area (Å²) in [5.74, 6) is -1.34. The van der Waals surface area contributed by atoms with Gasteiger partial charge >= 0.3 is 6.03 Å². The maximum Gasteiger partial charge on any atom is 0.325 e. The molecule has 3 aromatic rings. The maximum atomic E-state index is 13.2. The Labute approximate surface area is 154 Å². The second-order valence-electron chi connectivity index (χ2n) is 6.62. The molecule has 1 fully saturated rings. The number of H-pyrrole nitrogens is 1. The molecule has 0 radical (unpaired) electrons. The van der Waals surface area contributed by atoms with Crippen LogP contribution in [0.5, 0.6) is 0 Å². The van der Waals surface area contributed by atoms with Gasteiger partial charge in [0, 0.05) is 22.7 Å². The van der Waals surface area contributed by atoms with E-state index in [0.29, 0.717) is 11.1 Å². The van der Waals surface area contributed by atoms with Crippen molar-refractivity contribution >= 4 is 28.6 Å². The molecule has 1 aliphatic rings. The number of imide groups is 1. The van der Waals surface area contributed by atoms with Gasteiger partial charge in [0.15, 0.2) is 5.78 Å². The first-order chi connectivity index (χ1) is 12.9.